The molecule has 2 aliphatic rings. The lowest BCUT2D eigenvalue weighted by Crippen LogP contribution is -2.38. The van der Waals surface area contributed by atoms with Crippen LogP contribution < -0.4 is 5.73 Å². The van der Waals surface area contributed by atoms with Gasteiger partial charge in [0.1, 0.15) is 5.82 Å². The van der Waals surface area contributed by atoms with Gasteiger partial charge in [0, 0.05) is 28.5 Å². The van der Waals surface area contributed by atoms with Gasteiger partial charge in [0.05, 0.1) is 34.5 Å². The van der Waals surface area contributed by atoms with E-state index in [9.17, 15) is 14.0 Å². The van der Waals surface area contributed by atoms with Crippen LogP contribution in [0.15, 0.2) is 72.4 Å². The van der Waals surface area contributed by atoms with Crippen molar-refractivity contribution in [3.05, 3.63) is 95.2 Å². The number of allylic oxidation sites excluding steroid dienone is 1. The number of benzene rings is 2. The van der Waals surface area contributed by atoms with Gasteiger partial charge in [-0.1, -0.05) is 37.3 Å². The van der Waals surface area contributed by atoms with Gasteiger partial charge < -0.3 is 5.73 Å². The Kier molecular flexibility index (Phi) is 5.75. The van der Waals surface area contributed by atoms with Crippen molar-refractivity contribution in [2.45, 2.75) is 32.6 Å². The van der Waals surface area contributed by atoms with Crippen molar-refractivity contribution in [1.29, 1.82) is 0 Å². The van der Waals surface area contributed by atoms with Crippen molar-refractivity contribution in [3.8, 4) is 28.1 Å². The molecule has 3 atom stereocenters. The number of hydrogen-bond acceptors (Lipinski definition) is 5. The number of primary amides is 1. The zero-order chi connectivity index (χ0) is 26.6. The van der Waals surface area contributed by atoms with Crippen molar-refractivity contribution in [1.82, 2.24) is 20.0 Å². The number of ketones is 1. The number of carbonyl (C=O) groups excluding carboxylic acids is 2. The van der Waals surface area contributed by atoms with Crippen molar-refractivity contribution < 1.29 is 14.0 Å². The zero-order valence-electron chi connectivity index (χ0n) is 21.1. The third-order valence-electron chi connectivity index (χ3n) is 7.81. The van der Waals surface area contributed by atoms with E-state index < -0.39 is 5.91 Å². The molecule has 2 aromatic carbocycles. The first-order valence-electron chi connectivity index (χ1n) is 12.7. The number of aryl methyl sites for hydroxylation is 1. The molecule has 6 rings (SSSR count). The van der Waals surface area contributed by atoms with Gasteiger partial charge in [-0.25, -0.2) is 9.07 Å². The smallest absolute Gasteiger partial charge is 0.252 e. The van der Waals surface area contributed by atoms with Crippen molar-refractivity contribution in [2.75, 3.05) is 0 Å². The van der Waals surface area contributed by atoms with Crippen molar-refractivity contribution >= 4 is 11.7 Å². The molecule has 4 aromatic rings. The summed E-state index contributed by atoms with van der Waals surface area (Å²) in [6.07, 6.45) is 4.80. The molecule has 2 N–H and O–H groups in total. The Bertz CT molecular complexity index is 1620. The van der Waals surface area contributed by atoms with Gasteiger partial charge in [0.2, 0.25) is 0 Å². The number of halogens is 1. The molecule has 38 heavy (non-hydrogen) atoms. The highest BCUT2D eigenvalue weighted by Gasteiger charge is 2.44. The zero-order valence-corrected chi connectivity index (χ0v) is 21.1. The van der Waals surface area contributed by atoms with Crippen LogP contribution in [0.1, 0.15) is 36.2 Å². The molecule has 0 saturated heterocycles. The standard InChI is InChI=1S/C30H26FN5O2/c1-16-13-19(15-33-34-16)18-7-9-20(10-8-18)36-28-23(27(35-36)22-5-3-4-6-26(22)31)12-11-21-17(2)29(37)25(30(32)38)14-24(21)28/h3-10,13-15,17,21,24H,11-12H2,1-2H3,(H2,32,38). The predicted octanol–water partition coefficient (Wildman–Crippen LogP) is 4.72. The van der Waals surface area contributed by atoms with Gasteiger partial charge in [0.15, 0.2) is 5.78 Å². The number of fused-ring (bicyclic) bond motifs is 3. The summed E-state index contributed by atoms with van der Waals surface area (Å²) >= 11 is 0. The highest BCUT2D eigenvalue weighted by atomic mass is 19.1. The highest BCUT2D eigenvalue weighted by molar-refractivity contribution is 6.20. The van der Waals surface area contributed by atoms with Gasteiger partial charge in [-0.2, -0.15) is 15.3 Å². The van der Waals surface area contributed by atoms with E-state index in [-0.39, 0.29) is 34.9 Å². The van der Waals surface area contributed by atoms with E-state index in [0.717, 1.165) is 40.2 Å². The molecule has 2 heterocycles. The summed E-state index contributed by atoms with van der Waals surface area (Å²) in [5.41, 5.74) is 12.0. The third-order valence-corrected chi connectivity index (χ3v) is 7.81. The lowest BCUT2D eigenvalue weighted by molar-refractivity contribution is -0.125. The molecule has 0 bridgehead atoms. The van der Waals surface area contributed by atoms with Gasteiger partial charge in [-0.05, 0) is 61.6 Å². The summed E-state index contributed by atoms with van der Waals surface area (Å²) in [6, 6.07) is 16.5. The van der Waals surface area contributed by atoms with E-state index in [1.807, 2.05) is 48.9 Å². The quantitative estimate of drug-likeness (QED) is 0.403. The van der Waals surface area contributed by atoms with Crippen LogP contribution in [-0.2, 0) is 16.0 Å². The van der Waals surface area contributed by atoms with Crippen LogP contribution in [0.25, 0.3) is 28.1 Å². The summed E-state index contributed by atoms with van der Waals surface area (Å²) in [5, 5.41) is 13.0. The third kappa shape index (κ3) is 3.84. The second-order valence-corrected chi connectivity index (χ2v) is 10.1. The highest BCUT2D eigenvalue weighted by Crippen LogP contribution is 2.48. The molecule has 3 unspecified atom stereocenters. The summed E-state index contributed by atoms with van der Waals surface area (Å²) < 4.78 is 16.8. The molecular weight excluding hydrogens is 481 g/mol. The van der Waals surface area contributed by atoms with E-state index in [2.05, 4.69) is 10.2 Å². The normalized spacial score (nSPS) is 20.4. The Balaban J connectivity index is 1.54. The van der Waals surface area contributed by atoms with E-state index in [0.29, 0.717) is 17.7 Å². The SMILES string of the molecule is Cc1cc(-c2ccc(-n3nc(-c4ccccc4F)c4c3C3C=C(C(N)=O)C(=O)C(C)C3CC4)cc2)cnn1. The first-order valence-corrected chi connectivity index (χ1v) is 12.7. The molecule has 7 nitrogen and oxygen atoms in total. The summed E-state index contributed by atoms with van der Waals surface area (Å²) in [7, 11) is 0. The summed E-state index contributed by atoms with van der Waals surface area (Å²) in [4.78, 5) is 25.1. The molecule has 8 heteroatoms. The maximum absolute atomic E-state index is 15.0. The fourth-order valence-corrected chi connectivity index (χ4v) is 5.91. The second kappa shape index (κ2) is 9.13. The second-order valence-electron chi connectivity index (χ2n) is 10.1. The van der Waals surface area contributed by atoms with E-state index >= 15 is 0 Å². The van der Waals surface area contributed by atoms with Crippen LogP contribution in [0.5, 0.6) is 0 Å². The summed E-state index contributed by atoms with van der Waals surface area (Å²) in [5.74, 6) is -1.91. The number of amides is 1. The molecule has 0 aliphatic heterocycles. The van der Waals surface area contributed by atoms with Crippen molar-refractivity contribution in [2.24, 2.45) is 17.6 Å². The molecule has 2 aliphatic carbocycles. The molecule has 0 spiro atoms. The van der Waals surface area contributed by atoms with E-state index in [4.69, 9.17) is 10.8 Å². The largest absolute Gasteiger partial charge is 0.365 e. The van der Waals surface area contributed by atoms with Gasteiger partial charge in [-0.15, -0.1) is 0 Å². The molecular formula is C30H26FN5O2. The first kappa shape index (κ1) is 23.9. The Morgan fingerprint density at radius 3 is 2.58 bits per heavy atom. The van der Waals surface area contributed by atoms with Gasteiger partial charge >= 0.3 is 0 Å². The Hall–Kier alpha value is -4.46. The van der Waals surface area contributed by atoms with Crippen LogP contribution >= 0.6 is 0 Å². The number of aromatic nitrogens is 4. The Morgan fingerprint density at radius 2 is 1.87 bits per heavy atom. The molecule has 0 saturated carbocycles. The lowest BCUT2D eigenvalue weighted by atomic mass is 9.66. The maximum Gasteiger partial charge on any atom is 0.252 e. The fourth-order valence-electron chi connectivity index (χ4n) is 5.91. The summed E-state index contributed by atoms with van der Waals surface area (Å²) in [6.45, 7) is 3.75. The molecule has 0 radical (unpaired) electrons. The van der Waals surface area contributed by atoms with Crippen LogP contribution in [0, 0.1) is 24.6 Å². The minimum Gasteiger partial charge on any atom is -0.365 e. The first-order chi connectivity index (χ1) is 18.3. The number of rotatable bonds is 4. The predicted molar refractivity (Wildman–Crippen MR) is 141 cm³/mol. The number of nitrogens with zero attached hydrogens (tertiary/aromatic N) is 4. The van der Waals surface area contributed by atoms with Crippen molar-refractivity contribution in [3.63, 3.8) is 0 Å². The fraction of sp³-hybridized carbons (Fsp3) is 0.233. The number of hydrogen-bond donors (Lipinski definition) is 1. The van der Waals surface area contributed by atoms with Crippen LogP contribution in [0.3, 0.4) is 0 Å². The van der Waals surface area contributed by atoms with Crippen LogP contribution in [0.4, 0.5) is 4.39 Å². The minimum absolute atomic E-state index is 0.00726. The molecule has 190 valence electrons. The number of nitrogens with two attached hydrogens (primary N) is 1. The van der Waals surface area contributed by atoms with Crippen LogP contribution in [0.2, 0.25) is 0 Å². The van der Waals surface area contributed by atoms with Gasteiger partial charge in [-0.3, -0.25) is 9.59 Å². The maximum atomic E-state index is 15.0. The minimum atomic E-state index is -0.724. The molecule has 0 fully saturated rings. The Labute approximate surface area is 219 Å². The molecule has 2 aromatic heterocycles. The lowest BCUT2D eigenvalue weighted by Gasteiger charge is -2.37. The average Bonchev–Trinajstić information content (AvgIpc) is 3.30. The number of Topliss-reactive ketones (excluding diaryl/α,β-unsaturated/α-hetero) is 1. The van der Waals surface area contributed by atoms with E-state index in [1.54, 1.807) is 30.5 Å². The topological polar surface area (TPSA) is 104 Å². The van der Waals surface area contributed by atoms with Crippen LogP contribution in [-0.4, -0.2) is 31.7 Å². The van der Waals surface area contributed by atoms with Gasteiger partial charge in [0.25, 0.3) is 5.91 Å². The monoisotopic (exact) mass is 507 g/mol. The number of carbonyl (C=O) groups is 2. The Morgan fingerprint density at radius 1 is 1.11 bits per heavy atom. The average molecular weight is 508 g/mol. The molecule has 1 amide bonds. The van der Waals surface area contributed by atoms with E-state index in [1.165, 1.54) is 6.07 Å².